The molecule has 0 saturated carbocycles. The van der Waals surface area contributed by atoms with Crippen LogP contribution in [-0.2, 0) is 9.53 Å². The molecule has 1 aliphatic rings. The second kappa shape index (κ2) is 6.38. The van der Waals surface area contributed by atoms with Crippen molar-refractivity contribution in [1.82, 2.24) is 0 Å². The van der Waals surface area contributed by atoms with Gasteiger partial charge in [0.1, 0.15) is 5.60 Å². The first-order chi connectivity index (χ1) is 10.3. The normalized spacial score (nSPS) is 16.4. The number of aromatic carboxylic acids is 1. The first-order valence-corrected chi connectivity index (χ1v) is 7.57. The smallest absolute Gasteiger partial charge is 0.335 e. The van der Waals surface area contributed by atoms with E-state index in [0.717, 1.165) is 31.6 Å². The second-order valence-electron chi connectivity index (χ2n) is 6.65. The molecule has 0 atom stereocenters. The molecule has 120 valence electrons. The Labute approximate surface area is 130 Å². The van der Waals surface area contributed by atoms with Crippen molar-refractivity contribution in [2.75, 3.05) is 18.0 Å². The number of hydrogen-bond acceptors (Lipinski definition) is 4. The second-order valence-corrected chi connectivity index (χ2v) is 6.65. The van der Waals surface area contributed by atoms with E-state index in [0.29, 0.717) is 0 Å². The van der Waals surface area contributed by atoms with Crippen LogP contribution in [0.3, 0.4) is 0 Å². The van der Waals surface area contributed by atoms with E-state index in [2.05, 4.69) is 4.90 Å². The van der Waals surface area contributed by atoms with Crippen LogP contribution >= 0.6 is 0 Å². The highest BCUT2D eigenvalue weighted by Crippen LogP contribution is 2.25. The molecule has 0 aliphatic carbocycles. The zero-order valence-corrected chi connectivity index (χ0v) is 13.3. The molecule has 1 heterocycles. The van der Waals surface area contributed by atoms with E-state index in [1.807, 2.05) is 32.9 Å². The van der Waals surface area contributed by atoms with Gasteiger partial charge in [-0.3, -0.25) is 4.79 Å². The molecule has 1 aromatic carbocycles. The summed E-state index contributed by atoms with van der Waals surface area (Å²) in [5, 5.41) is 8.91. The van der Waals surface area contributed by atoms with Gasteiger partial charge < -0.3 is 14.7 Å². The SMILES string of the molecule is CC(C)(C)OC(=O)C1CCN(c2ccc(C(=O)O)cc2)CC1. The molecule has 0 bridgehead atoms. The number of piperidine rings is 1. The Morgan fingerprint density at radius 1 is 1.14 bits per heavy atom. The van der Waals surface area contributed by atoms with Crippen LogP contribution in [0.15, 0.2) is 24.3 Å². The molecule has 1 aromatic rings. The summed E-state index contributed by atoms with van der Waals surface area (Å²) < 4.78 is 5.44. The van der Waals surface area contributed by atoms with Crippen molar-refractivity contribution in [3.63, 3.8) is 0 Å². The molecule has 5 heteroatoms. The van der Waals surface area contributed by atoms with E-state index in [1.165, 1.54) is 0 Å². The van der Waals surface area contributed by atoms with Gasteiger partial charge in [-0.1, -0.05) is 0 Å². The molecule has 1 saturated heterocycles. The van der Waals surface area contributed by atoms with Gasteiger partial charge in [0, 0.05) is 18.8 Å². The topological polar surface area (TPSA) is 66.8 Å². The summed E-state index contributed by atoms with van der Waals surface area (Å²) in [6.45, 7) is 7.19. The lowest BCUT2D eigenvalue weighted by Crippen LogP contribution is -2.38. The minimum atomic E-state index is -0.921. The zero-order valence-electron chi connectivity index (χ0n) is 13.3. The lowest BCUT2D eigenvalue weighted by Gasteiger charge is -2.33. The Hall–Kier alpha value is -2.04. The summed E-state index contributed by atoms with van der Waals surface area (Å²) in [5.41, 5.74) is 0.834. The molecule has 22 heavy (non-hydrogen) atoms. The molecule has 0 radical (unpaired) electrons. The zero-order chi connectivity index (χ0) is 16.3. The van der Waals surface area contributed by atoms with Crippen LogP contribution < -0.4 is 4.90 Å². The molecular weight excluding hydrogens is 282 g/mol. The van der Waals surface area contributed by atoms with Crippen molar-refractivity contribution in [3.8, 4) is 0 Å². The summed E-state index contributed by atoms with van der Waals surface area (Å²) in [6, 6.07) is 6.85. The lowest BCUT2D eigenvalue weighted by molar-refractivity contribution is -0.160. The number of anilines is 1. The van der Waals surface area contributed by atoms with Gasteiger partial charge >= 0.3 is 11.9 Å². The van der Waals surface area contributed by atoms with Crippen LogP contribution in [0.2, 0.25) is 0 Å². The van der Waals surface area contributed by atoms with Crippen molar-refractivity contribution >= 4 is 17.6 Å². The van der Waals surface area contributed by atoms with Gasteiger partial charge in [0.05, 0.1) is 11.5 Å². The predicted octanol–water partition coefficient (Wildman–Crippen LogP) is 2.94. The number of rotatable bonds is 3. The monoisotopic (exact) mass is 305 g/mol. The third kappa shape index (κ3) is 4.23. The predicted molar refractivity (Wildman–Crippen MR) is 84.2 cm³/mol. The summed E-state index contributed by atoms with van der Waals surface area (Å²) in [4.78, 5) is 25.1. The molecular formula is C17H23NO4. The van der Waals surface area contributed by atoms with E-state index < -0.39 is 11.6 Å². The van der Waals surface area contributed by atoms with Crippen LogP contribution in [0.25, 0.3) is 0 Å². The summed E-state index contributed by atoms with van der Waals surface area (Å²) in [7, 11) is 0. The average Bonchev–Trinajstić information content (AvgIpc) is 2.46. The fraction of sp³-hybridized carbons (Fsp3) is 0.529. The molecule has 1 fully saturated rings. The van der Waals surface area contributed by atoms with E-state index in [1.54, 1.807) is 12.1 Å². The fourth-order valence-corrected chi connectivity index (χ4v) is 2.57. The Balaban J connectivity index is 1.91. The number of carbonyl (C=O) groups excluding carboxylic acids is 1. The number of carboxylic acid groups (broad SMARTS) is 1. The Kier molecular flexibility index (Phi) is 4.74. The Morgan fingerprint density at radius 3 is 2.14 bits per heavy atom. The van der Waals surface area contributed by atoms with Crippen LogP contribution in [0.1, 0.15) is 44.0 Å². The molecule has 0 amide bonds. The quantitative estimate of drug-likeness (QED) is 0.870. The largest absolute Gasteiger partial charge is 0.478 e. The van der Waals surface area contributed by atoms with E-state index in [-0.39, 0.29) is 17.5 Å². The van der Waals surface area contributed by atoms with Gasteiger partial charge in [0.15, 0.2) is 0 Å². The minimum Gasteiger partial charge on any atom is -0.478 e. The standard InChI is InChI=1S/C17H23NO4/c1-17(2,3)22-16(21)13-8-10-18(11-9-13)14-6-4-12(5-7-14)15(19)20/h4-7,13H,8-11H2,1-3H3,(H,19,20). The lowest BCUT2D eigenvalue weighted by atomic mass is 9.96. The molecule has 0 spiro atoms. The summed E-state index contributed by atoms with van der Waals surface area (Å²) in [6.07, 6.45) is 1.52. The highest BCUT2D eigenvalue weighted by Gasteiger charge is 2.29. The maximum atomic E-state index is 12.1. The molecule has 0 unspecified atom stereocenters. The number of carbonyl (C=O) groups is 2. The van der Waals surface area contributed by atoms with Crippen molar-refractivity contribution in [1.29, 1.82) is 0 Å². The number of esters is 1. The maximum absolute atomic E-state index is 12.1. The Morgan fingerprint density at radius 2 is 1.68 bits per heavy atom. The number of nitrogens with zero attached hydrogens (tertiary/aromatic N) is 1. The van der Waals surface area contributed by atoms with Crippen LogP contribution in [0.5, 0.6) is 0 Å². The number of hydrogen-bond donors (Lipinski definition) is 1. The van der Waals surface area contributed by atoms with Gasteiger partial charge in [0.25, 0.3) is 0 Å². The Bertz CT molecular complexity index is 537. The fourth-order valence-electron chi connectivity index (χ4n) is 2.57. The van der Waals surface area contributed by atoms with Crippen molar-refractivity contribution < 1.29 is 19.4 Å². The number of benzene rings is 1. The maximum Gasteiger partial charge on any atom is 0.335 e. The first-order valence-electron chi connectivity index (χ1n) is 7.57. The summed E-state index contributed by atoms with van der Waals surface area (Å²) >= 11 is 0. The minimum absolute atomic E-state index is 0.0474. The molecule has 1 N–H and O–H groups in total. The van der Waals surface area contributed by atoms with E-state index in [4.69, 9.17) is 9.84 Å². The third-order valence-corrected chi connectivity index (χ3v) is 3.71. The summed E-state index contributed by atoms with van der Waals surface area (Å²) in [5.74, 6) is -1.09. The average molecular weight is 305 g/mol. The van der Waals surface area contributed by atoms with E-state index >= 15 is 0 Å². The molecule has 2 rings (SSSR count). The molecule has 1 aliphatic heterocycles. The first kappa shape index (κ1) is 16.3. The highest BCUT2D eigenvalue weighted by molar-refractivity contribution is 5.88. The third-order valence-electron chi connectivity index (χ3n) is 3.71. The highest BCUT2D eigenvalue weighted by atomic mass is 16.6. The van der Waals surface area contributed by atoms with Gasteiger partial charge in [-0.25, -0.2) is 4.79 Å². The van der Waals surface area contributed by atoms with E-state index in [9.17, 15) is 9.59 Å². The van der Waals surface area contributed by atoms with Crippen LogP contribution in [-0.4, -0.2) is 35.7 Å². The van der Waals surface area contributed by atoms with Crippen molar-refractivity contribution in [3.05, 3.63) is 29.8 Å². The van der Waals surface area contributed by atoms with Gasteiger partial charge in [-0.15, -0.1) is 0 Å². The van der Waals surface area contributed by atoms with Gasteiger partial charge in [-0.2, -0.15) is 0 Å². The molecule has 5 nitrogen and oxygen atoms in total. The van der Waals surface area contributed by atoms with Gasteiger partial charge in [0.2, 0.25) is 0 Å². The van der Waals surface area contributed by atoms with Crippen LogP contribution in [0.4, 0.5) is 5.69 Å². The number of ether oxygens (including phenoxy) is 1. The van der Waals surface area contributed by atoms with Crippen molar-refractivity contribution in [2.24, 2.45) is 5.92 Å². The van der Waals surface area contributed by atoms with Crippen molar-refractivity contribution in [2.45, 2.75) is 39.2 Å². The van der Waals surface area contributed by atoms with Gasteiger partial charge in [-0.05, 0) is 57.9 Å². The number of carboxylic acids is 1. The van der Waals surface area contributed by atoms with Crippen LogP contribution in [0, 0.1) is 5.92 Å². The molecule has 0 aromatic heterocycles.